The Kier molecular flexibility index (Phi) is 5.68. The molecule has 6 heteroatoms. The average Bonchev–Trinajstić information content (AvgIpc) is 3.24. The molecular weight excluding hydrogens is 346 g/mol. The maximum absolute atomic E-state index is 12.0. The van der Waals surface area contributed by atoms with Crippen LogP contribution in [0.25, 0.3) is 0 Å². The van der Waals surface area contributed by atoms with Crippen LogP contribution in [0.4, 0.5) is 0 Å². The second kappa shape index (κ2) is 7.68. The Morgan fingerprint density at radius 3 is 2.67 bits per heavy atom. The molecule has 0 unspecified atom stereocenters. The first-order valence-corrected chi connectivity index (χ1v) is 9.67. The van der Waals surface area contributed by atoms with Gasteiger partial charge in [-0.05, 0) is 42.9 Å². The van der Waals surface area contributed by atoms with E-state index in [1.165, 1.54) is 6.42 Å². The van der Waals surface area contributed by atoms with Crippen molar-refractivity contribution >= 4 is 5.91 Å². The van der Waals surface area contributed by atoms with Crippen LogP contribution in [-0.2, 0) is 4.79 Å². The van der Waals surface area contributed by atoms with Crippen LogP contribution in [0.1, 0.15) is 38.7 Å². The highest BCUT2D eigenvalue weighted by atomic mass is 16.5. The smallest absolute Gasteiger partial charge is 0.248 e. The van der Waals surface area contributed by atoms with Gasteiger partial charge in [0.05, 0.1) is 19.8 Å². The standard InChI is InChI=1S/C21H31NO5/c1-13-7-16(13)11-27-19-8-15(5-6-18(19)26-4)17-9-22(20(25)10-23)12-21(17,3)14(2)24/h5-6,8,13-14,16-17,23-24H,7,9-12H2,1-4H3/t13-,14-,16+,17+,21+/m1/s1. The summed E-state index contributed by atoms with van der Waals surface area (Å²) in [5, 5.41) is 19.7. The van der Waals surface area contributed by atoms with Crippen molar-refractivity contribution in [2.75, 3.05) is 33.4 Å². The minimum Gasteiger partial charge on any atom is -0.493 e. The van der Waals surface area contributed by atoms with E-state index in [1.54, 1.807) is 18.9 Å². The van der Waals surface area contributed by atoms with Crippen LogP contribution in [0, 0.1) is 17.3 Å². The van der Waals surface area contributed by atoms with Crippen molar-refractivity contribution in [3.8, 4) is 11.5 Å². The fraction of sp³-hybridized carbons (Fsp3) is 0.667. The summed E-state index contributed by atoms with van der Waals surface area (Å²) in [5.41, 5.74) is 0.508. The third-order valence-electron chi connectivity index (χ3n) is 6.49. The molecule has 0 aromatic heterocycles. The first kappa shape index (κ1) is 20.0. The molecule has 1 saturated carbocycles. The van der Waals surface area contributed by atoms with Crippen molar-refractivity contribution in [2.45, 2.75) is 39.2 Å². The van der Waals surface area contributed by atoms with E-state index in [0.29, 0.717) is 43.0 Å². The normalized spacial score (nSPS) is 30.9. The second-order valence-electron chi connectivity index (χ2n) is 8.36. The molecule has 5 atom stereocenters. The third-order valence-corrected chi connectivity index (χ3v) is 6.49. The van der Waals surface area contributed by atoms with Gasteiger partial charge >= 0.3 is 0 Å². The number of ether oxygens (including phenoxy) is 2. The Bertz CT molecular complexity index is 691. The van der Waals surface area contributed by atoms with Gasteiger partial charge in [0, 0.05) is 24.4 Å². The van der Waals surface area contributed by atoms with E-state index in [2.05, 4.69) is 6.92 Å². The molecule has 1 aliphatic carbocycles. The van der Waals surface area contributed by atoms with E-state index in [0.717, 1.165) is 5.56 Å². The van der Waals surface area contributed by atoms with Gasteiger partial charge in [0.25, 0.3) is 0 Å². The minimum absolute atomic E-state index is 0.0545. The van der Waals surface area contributed by atoms with Crippen molar-refractivity contribution < 1.29 is 24.5 Å². The van der Waals surface area contributed by atoms with Gasteiger partial charge in [-0.1, -0.05) is 19.9 Å². The van der Waals surface area contributed by atoms with E-state index >= 15 is 0 Å². The van der Waals surface area contributed by atoms with Crippen LogP contribution >= 0.6 is 0 Å². The van der Waals surface area contributed by atoms with Crippen LogP contribution in [0.15, 0.2) is 18.2 Å². The molecule has 2 aliphatic rings. The molecule has 1 heterocycles. The summed E-state index contributed by atoms with van der Waals surface area (Å²) in [7, 11) is 1.62. The number of rotatable bonds is 7. The Morgan fingerprint density at radius 1 is 1.41 bits per heavy atom. The van der Waals surface area contributed by atoms with Crippen molar-refractivity contribution in [3.63, 3.8) is 0 Å². The number of nitrogens with zero attached hydrogens (tertiary/aromatic N) is 1. The number of carbonyl (C=O) groups excluding carboxylic acids is 1. The average molecular weight is 377 g/mol. The van der Waals surface area contributed by atoms with Crippen molar-refractivity contribution in [1.29, 1.82) is 0 Å². The summed E-state index contributed by atoms with van der Waals surface area (Å²) in [5.74, 6) is 2.34. The number of hydrogen-bond donors (Lipinski definition) is 2. The van der Waals surface area contributed by atoms with Gasteiger partial charge in [-0.3, -0.25) is 4.79 Å². The lowest BCUT2D eigenvalue weighted by atomic mass is 9.72. The third kappa shape index (κ3) is 3.92. The zero-order valence-corrected chi connectivity index (χ0v) is 16.6. The van der Waals surface area contributed by atoms with Gasteiger partial charge < -0.3 is 24.6 Å². The summed E-state index contributed by atoms with van der Waals surface area (Å²) in [6.45, 7) is 7.01. The molecule has 1 aromatic rings. The van der Waals surface area contributed by atoms with E-state index < -0.39 is 18.1 Å². The molecule has 0 bridgehead atoms. The zero-order chi connectivity index (χ0) is 19.8. The van der Waals surface area contributed by atoms with E-state index in [9.17, 15) is 15.0 Å². The molecular formula is C21H31NO5. The van der Waals surface area contributed by atoms with E-state index in [1.807, 2.05) is 25.1 Å². The Morgan fingerprint density at radius 2 is 2.11 bits per heavy atom. The molecule has 27 heavy (non-hydrogen) atoms. The van der Waals surface area contributed by atoms with Crippen LogP contribution in [0.5, 0.6) is 11.5 Å². The first-order chi connectivity index (χ1) is 12.8. The number of likely N-dealkylation sites (tertiary alicyclic amines) is 1. The second-order valence-corrected chi connectivity index (χ2v) is 8.36. The van der Waals surface area contributed by atoms with Crippen molar-refractivity contribution in [3.05, 3.63) is 23.8 Å². The number of amides is 1. The summed E-state index contributed by atoms with van der Waals surface area (Å²) < 4.78 is 11.5. The molecule has 1 saturated heterocycles. The van der Waals surface area contributed by atoms with Gasteiger partial charge in [0.2, 0.25) is 5.91 Å². The highest BCUT2D eigenvalue weighted by Crippen LogP contribution is 2.47. The van der Waals surface area contributed by atoms with Gasteiger partial charge in [0.15, 0.2) is 11.5 Å². The minimum atomic E-state index is -0.599. The quantitative estimate of drug-likeness (QED) is 0.760. The maximum Gasteiger partial charge on any atom is 0.248 e. The topological polar surface area (TPSA) is 79.2 Å². The Labute approximate surface area is 161 Å². The van der Waals surface area contributed by atoms with Crippen molar-refractivity contribution in [1.82, 2.24) is 4.90 Å². The molecule has 6 nitrogen and oxygen atoms in total. The maximum atomic E-state index is 12.0. The Hall–Kier alpha value is -1.79. The van der Waals surface area contributed by atoms with Crippen LogP contribution in [0.3, 0.4) is 0 Å². The van der Waals surface area contributed by atoms with E-state index in [4.69, 9.17) is 9.47 Å². The number of hydrogen-bond acceptors (Lipinski definition) is 5. The van der Waals surface area contributed by atoms with Gasteiger partial charge in [-0.15, -0.1) is 0 Å². The lowest BCUT2D eigenvalue weighted by molar-refractivity contribution is -0.133. The molecule has 2 N–H and O–H groups in total. The summed E-state index contributed by atoms with van der Waals surface area (Å²) >= 11 is 0. The number of methoxy groups -OCH3 is 1. The molecule has 1 aliphatic heterocycles. The van der Waals surface area contributed by atoms with Crippen molar-refractivity contribution in [2.24, 2.45) is 17.3 Å². The number of aliphatic hydroxyl groups is 2. The predicted molar refractivity (Wildman–Crippen MR) is 102 cm³/mol. The fourth-order valence-electron chi connectivity index (χ4n) is 4.07. The van der Waals surface area contributed by atoms with Crippen LogP contribution in [0.2, 0.25) is 0 Å². The fourth-order valence-corrected chi connectivity index (χ4v) is 4.07. The monoisotopic (exact) mass is 377 g/mol. The number of benzene rings is 1. The molecule has 1 amide bonds. The zero-order valence-electron chi connectivity index (χ0n) is 16.6. The molecule has 0 spiro atoms. The lowest BCUT2D eigenvalue weighted by Gasteiger charge is -2.33. The number of carbonyl (C=O) groups is 1. The molecule has 3 rings (SSSR count). The first-order valence-electron chi connectivity index (χ1n) is 9.67. The molecule has 1 aromatic carbocycles. The lowest BCUT2D eigenvalue weighted by Crippen LogP contribution is -2.38. The van der Waals surface area contributed by atoms with Crippen LogP contribution in [-0.4, -0.2) is 60.5 Å². The predicted octanol–water partition coefficient (Wildman–Crippen LogP) is 2.04. The molecule has 2 fully saturated rings. The van der Waals surface area contributed by atoms with Gasteiger partial charge in [-0.2, -0.15) is 0 Å². The highest BCUT2D eigenvalue weighted by molar-refractivity contribution is 5.77. The van der Waals surface area contributed by atoms with Gasteiger partial charge in [0.1, 0.15) is 6.61 Å². The summed E-state index contributed by atoms with van der Waals surface area (Å²) in [6, 6.07) is 5.84. The van der Waals surface area contributed by atoms with Gasteiger partial charge in [-0.25, -0.2) is 0 Å². The molecule has 150 valence electrons. The highest BCUT2D eigenvalue weighted by Gasteiger charge is 2.48. The Balaban J connectivity index is 1.87. The van der Waals surface area contributed by atoms with E-state index in [-0.39, 0.29) is 11.8 Å². The van der Waals surface area contributed by atoms with Crippen LogP contribution < -0.4 is 9.47 Å². The summed E-state index contributed by atoms with van der Waals surface area (Å²) in [6.07, 6.45) is 0.598. The number of aliphatic hydroxyl groups excluding tert-OH is 2. The largest absolute Gasteiger partial charge is 0.493 e. The summed E-state index contributed by atoms with van der Waals surface area (Å²) in [4.78, 5) is 13.7. The SMILES string of the molecule is COc1ccc([C@@H]2CN(C(=O)CO)C[C@@]2(C)[C@@H](C)O)cc1OC[C@@H]1C[C@H]1C. The molecule has 0 radical (unpaired) electrons.